The number of alkyl halides is 3. The SMILES string of the molecule is CCC(C)NCCNC1(C(F)(F)F)CC1. The Morgan fingerprint density at radius 2 is 1.87 bits per heavy atom. The molecule has 2 nitrogen and oxygen atoms in total. The fourth-order valence-electron chi connectivity index (χ4n) is 1.45. The van der Waals surface area contributed by atoms with E-state index in [1.807, 2.05) is 13.8 Å². The van der Waals surface area contributed by atoms with Crippen molar-refractivity contribution >= 4 is 0 Å². The Hall–Kier alpha value is -0.290. The molecule has 90 valence electrons. The van der Waals surface area contributed by atoms with Crippen molar-refractivity contribution in [1.82, 2.24) is 10.6 Å². The minimum absolute atomic E-state index is 0.222. The van der Waals surface area contributed by atoms with Gasteiger partial charge in [-0.05, 0) is 26.2 Å². The molecule has 0 aromatic heterocycles. The molecule has 1 rings (SSSR count). The smallest absolute Gasteiger partial charge is 0.313 e. The van der Waals surface area contributed by atoms with Crippen molar-refractivity contribution < 1.29 is 13.2 Å². The van der Waals surface area contributed by atoms with E-state index in [4.69, 9.17) is 0 Å². The van der Waals surface area contributed by atoms with Crippen LogP contribution in [0.2, 0.25) is 0 Å². The highest BCUT2D eigenvalue weighted by atomic mass is 19.4. The lowest BCUT2D eigenvalue weighted by atomic mass is 10.2. The summed E-state index contributed by atoms with van der Waals surface area (Å²) < 4.78 is 37.4. The van der Waals surface area contributed by atoms with Crippen molar-refractivity contribution in [2.45, 2.75) is 50.9 Å². The molecule has 1 saturated carbocycles. The van der Waals surface area contributed by atoms with Crippen molar-refractivity contribution in [3.8, 4) is 0 Å². The van der Waals surface area contributed by atoms with Crippen molar-refractivity contribution in [2.24, 2.45) is 0 Å². The van der Waals surface area contributed by atoms with Gasteiger partial charge < -0.3 is 10.6 Å². The molecular weight excluding hydrogens is 205 g/mol. The van der Waals surface area contributed by atoms with Crippen LogP contribution in [0.5, 0.6) is 0 Å². The summed E-state index contributed by atoms with van der Waals surface area (Å²) in [7, 11) is 0. The first-order chi connectivity index (χ1) is 6.91. The zero-order chi connectivity index (χ0) is 11.5. The third-order valence-corrected chi connectivity index (χ3v) is 2.99. The highest BCUT2D eigenvalue weighted by molar-refractivity contribution is 5.07. The van der Waals surface area contributed by atoms with Crippen LogP contribution in [0.3, 0.4) is 0 Å². The summed E-state index contributed by atoms with van der Waals surface area (Å²) in [5.74, 6) is 0. The molecule has 1 unspecified atom stereocenters. The number of halogens is 3. The molecule has 0 aromatic rings. The topological polar surface area (TPSA) is 24.1 Å². The largest absolute Gasteiger partial charge is 0.406 e. The van der Waals surface area contributed by atoms with Gasteiger partial charge in [-0.25, -0.2) is 0 Å². The lowest BCUT2D eigenvalue weighted by molar-refractivity contribution is -0.165. The summed E-state index contributed by atoms with van der Waals surface area (Å²) in [4.78, 5) is 0. The van der Waals surface area contributed by atoms with E-state index in [1.165, 1.54) is 0 Å². The van der Waals surface area contributed by atoms with Crippen LogP contribution < -0.4 is 10.6 Å². The van der Waals surface area contributed by atoms with Gasteiger partial charge in [-0.3, -0.25) is 0 Å². The molecule has 15 heavy (non-hydrogen) atoms. The maximum absolute atomic E-state index is 12.5. The highest BCUT2D eigenvalue weighted by Gasteiger charge is 2.62. The molecule has 0 bridgehead atoms. The van der Waals surface area contributed by atoms with Crippen LogP contribution in [-0.4, -0.2) is 30.8 Å². The third-order valence-electron chi connectivity index (χ3n) is 2.99. The van der Waals surface area contributed by atoms with Crippen LogP contribution in [-0.2, 0) is 0 Å². The second-order valence-corrected chi connectivity index (χ2v) is 4.27. The summed E-state index contributed by atoms with van der Waals surface area (Å²) >= 11 is 0. The molecule has 1 fully saturated rings. The van der Waals surface area contributed by atoms with Gasteiger partial charge in [0.2, 0.25) is 0 Å². The Kier molecular flexibility index (Phi) is 4.00. The van der Waals surface area contributed by atoms with Crippen molar-refractivity contribution in [1.29, 1.82) is 0 Å². The van der Waals surface area contributed by atoms with Crippen LogP contribution in [0, 0.1) is 0 Å². The van der Waals surface area contributed by atoms with E-state index >= 15 is 0 Å². The molecule has 0 amide bonds. The zero-order valence-corrected chi connectivity index (χ0v) is 9.25. The Morgan fingerprint density at radius 1 is 1.27 bits per heavy atom. The second-order valence-electron chi connectivity index (χ2n) is 4.27. The minimum atomic E-state index is -4.09. The van der Waals surface area contributed by atoms with Crippen molar-refractivity contribution in [3.05, 3.63) is 0 Å². The molecule has 5 heteroatoms. The summed E-state index contributed by atoms with van der Waals surface area (Å²) in [5.41, 5.74) is -1.57. The van der Waals surface area contributed by atoms with Gasteiger partial charge in [-0.15, -0.1) is 0 Å². The fraction of sp³-hybridized carbons (Fsp3) is 1.00. The molecule has 0 heterocycles. The average molecular weight is 224 g/mol. The normalized spacial score (nSPS) is 21.4. The van der Waals surface area contributed by atoms with Crippen molar-refractivity contribution in [3.63, 3.8) is 0 Å². The maximum atomic E-state index is 12.5. The van der Waals surface area contributed by atoms with Crippen LogP contribution in [0.15, 0.2) is 0 Å². The maximum Gasteiger partial charge on any atom is 0.406 e. The van der Waals surface area contributed by atoms with Gasteiger partial charge in [0.25, 0.3) is 0 Å². The molecule has 1 aliphatic carbocycles. The number of hydrogen-bond acceptors (Lipinski definition) is 2. The fourth-order valence-corrected chi connectivity index (χ4v) is 1.45. The van der Waals surface area contributed by atoms with E-state index < -0.39 is 11.7 Å². The van der Waals surface area contributed by atoms with Gasteiger partial charge in [0.1, 0.15) is 5.54 Å². The second kappa shape index (κ2) is 4.70. The molecule has 1 atom stereocenters. The van der Waals surface area contributed by atoms with E-state index in [-0.39, 0.29) is 12.8 Å². The Bertz CT molecular complexity index is 199. The highest BCUT2D eigenvalue weighted by Crippen LogP contribution is 2.48. The van der Waals surface area contributed by atoms with Gasteiger partial charge >= 0.3 is 6.18 Å². The van der Waals surface area contributed by atoms with Gasteiger partial charge in [0.05, 0.1) is 0 Å². The predicted molar refractivity (Wildman–Crippen MR) is 53.8 cm³/mol. The van der Waals surface area contributed by atoms with Crippen LogP contribution >= 0.6 is 0 Å². The van der Waals surface area contributed by atoms with E-state index in [9.17, 15) is 13.2 Å². The lowest BCUT2D eigenvalue weighted by Gasteiger charge is -2.21. The predicted octanol–water partition coefficient (Wildman–Crippen LogP) is 2.06. The third kappa shape index (κ3) is 3.34. The summed E-state index contributed by atoms with van der Waals surface area (Å²) in [6, 6.07) is 0.368. The van der Waals surface area contributed by atoms with Gasteiger partial charge in [0, 0.05) is 19.1 Å². The molecule has 0 aliphatic heterocycles. The van der Waals surface area contributed by atoms with Gasteiger partial charge in [-0.2, -0.15) is 13.2 Å². The first kappa shape index (κ1) is 12.8. The molecule has 0 aromatic carbocycles. The van der Waals surface area contributed by atoms with Crippen LogP contribution in [0.4, 0.5) is 13.2 Å². The number of nitrogens with one attached hydrogen (secondary N) is 2. The Labute approximate surface area is 88.6 Å². The monoisotopic (exact) mass is 224 g/mol. The molecule has 0 saturated heterocycles. The van der Waals surface area contributed by atoms with E-state index in [1.54, 1.807) is 0 Å². The van der Waals surface area contributed by atoms with E-state index in [0.717, 1.165) is 6.42 Å². The van der Waals surface area contributed by atoms with Gasteiger partial charge in [0.15, 0.2) is 0 Å². The van der Waals surface area contributed by atoms with Gasteiger partial charge in [-0.1, -0.05) is 6.92 Å². The summed E-state index contributed by atoms with van der Waals surface area (Å²) in [6.45, 7) is 5.04. The Morgan fingerprint density at radius 3 is 2.27 bits per heavy atom. The summed E-state index contributed by atoms with van der Waals surface area (Å²) in [6.07, 6.45) is -2.66. The van der Waals surface area contributed by atoms with Crippen LogP contribution in [0.25, 0.3) is 0 Å². The molecule has 0 radical (unpaired) electrons. The minimum Gasteiger partial charge on any atom is -0.313 e. The number of rotatable bonds is 6. The average Bonchev–Trinajstić information content (AvgIpc) is 2.92. The first-order valence-electron chi connectivity index (χ1n) is 5.46. The van der Waals surface area contributed by atoms with Crippen molar-refractivity contribution in [2.75, 3.05) is 13.1 Å². The lowest BCUT2D eigenvalue weighted by Crippen LogP contribution is -2.47. The molecular formula is C10H19F3N2. The molecule has 2 N–H and O–H groups in total. The van der Waals surface area contributed by atoms with Crippen LogP contribution in [0.1, 0.15) is 33.1 Å². The summed E-state index contributed by atoms with van der Waals surface area (Å²) in [5, 5.41) is 5.76. The standard InChI is InChI=1S/C10H19F3N2/c1-3-8(2)14-6-7-15-9(4-5-9)10(11,12)13/h8,14-15H,3-7H2,1-2H3. The zero-order valence-electron chi connectivity index (χ0n) is 9.25. The van der Waals surface area contributed by atoms with E-state index in [2.05, 4.69) is 10.6 Å². The first-order valence-corrected chi connectivity index (χ1v) is 5.46. The molecule has 0 spiro atoms. The molecule has 1 aliphatic rings. The van der Waals surface area contributed by atoms with E-state index in [0.29, 0.717) is 19.1 Å². The number of hydrogen-bond donors (Lipinski definition) is 2. The quantitative estimate of drug-likeness (QED) is 0.675. The Balaban J connectivity index is 2.16.